The molecule has 0 radical (unpaired) electrons. The van der Waals surface area contributed by atoms with Gasteiger partial charge >= 0.3 is 12.0 Å². The van der Waals surface area contributed by atoms with E-state index in [0.717, 1.165) is 5.56 Å². The zero-order chi connectivity index (χ0) is 25.5. The van der Waals surface area contributed by atoms with Crippen LogP contribution >= 0.6 is 0 Å². The molecule has 1 aliphatic heterocycles. The molecule has 1 fully saturated rings. The Morgan fingerprint density at radius 3 is 2.54 bits per heavy atom. The summed E-state index contributed by atoms with van der Waals surface area (Å²) in [5.41, 5.74) is 11.7. The second-order valence-corrected chi connectivity index (χ2v) is 7.97. The average molecular weight is 489 g/mol. The van der Waals surface area contributed by atoms with E-state index in [9.17, 15) is 14.4 Å². The van der Waals surface area contributed by atoms with Crippen molar-refractivity contribution in [2.45, 2.75) is 38.3 Å². The average Bonchev–Trinajstić information content (AvgIpc) is 2.85. The molecule has 0 aromatic heterocycles. The first kappa shape index (κ1) is 27.6. The quantitative estimate of drug-likeness (QED) is 0.108. The van der Waals surface area contributed by atoms with Gasteiger partial charge in [-0.2, -0.15) is 0 Å². The van der Waals surface area contributed by atoms with Crippen LogP contribution in [0.5, 0.6) is 0 Å². The molecular weight excluding hydrogens is 452 g/mol. The van der Waals surface area contributed by atoms with Crippen LogP contribution in [-0.2, 0) is 25.5 Å². The third-order valence-electron chi connectivity index (χ3n) is 5.24. The fraction of sp³-hybridized carbons (Fsp3) is 0.500. The lowest BCUT2D eigenvalue weighted by atomic mass is 10.0. The second kappa shape index (κ2) is 15.3. The smallest absolute Gasteiger partial charge is 0.330 e. The summed E-state index contributed by atoms with van der Waals surface area (Å²) in [5, 5.41) is 5.79. The van der Waals surface area contributed by atoms with Crippen LogP contribution in [0.4, 0.5) is 4.79 Å². The van der Waals surface area contributed by atoms with Gasteiger partial charge in [-0.25, -0.2) is 9.59 Å². The Kier molecular flexibility index (Phi) is 12.1. The minimum atomic E-state index is -0.816. The number of hydrogen-bond donors (Lipinski definition) is 4. The van der Waals surface area contributed by atoms with Gasteiger partial charge in [0.15, 0.2) is 5.96 Å². The molecule has 11 heteroatoms. The summed E-state index contributed by atoms with van der Waals surface area (Å²) < 4.78 is 10.2. The van der Waals surface area contributed by atoms with Crippen LogP contribution in [0.3, 0.4) is 0 Å². The van der Waals surface area contributed by atoms with E-state index >= 15 is 0 Å². The Labute approximate surface area is 205 Å². The molecule has 0 spiro atoms. The number of guanidine groups is 1. The second-order valence-electron chi connectivity index (χ2n) is 7.97. The van der Waals surface area contributed by atoms with E-state index in [0.29, 0.717) is 52.1 Å². The maximum Gasteiger partial charge on any atom is 0.330 e. The summed E-state index contributed by atoms with van der Waals surface area (Å²) in [7, 11) is 0. The van der Waals surface area contributed by atoms with Gasteiger partial charge in [0, 0.05) is 38.2 Å². The lowest BCUT2D eigenvalue weighted by Crippen LogP contribution is -2.55. The van der Waals surface area contributed by atoms with Crippen LogP contribution in [0.25, 0.3) is 0 Å². The summed E-state index contributed by atoms with van der Waals surface area (Å²) in [4.78, 5) is 43.5. The van der Waals surface area contributed by atoms with E-state index in [4.69, 9.17) is 20.9 Å². The highest BCUT2D eigenvalue weighted by atomic mass is 16.5. The van der Waals surface area contributed by atoms with Crippen LogP contribution in [0.2, 0.25) is 0 Å². The highest BCUT2D eigenvalue weighted by molar-refractivity contribution is 5.88. The Bertz CT molecular complexity index is 866. The SMILES string of the molecule is CCOC(=O)C=C[C@H](CCCN=C(N)N)NC(=O)[C@H](Cc1ccccc1)NC(=O)N1CCOCC1. The molecule has 192 valence electrons. The summed E-state index contributed by atoms with van der Waals surface area (Å²) in [6.45, 7) is 4.17. The number of hydrogen-bond acceptors (Lipinski definition) is 6. The molecular formula is C24H36N6O5. The van der Waals surface area contributed by atoms with E-state index in [1.54, 1.807) is 17.9 Å². The molecule has 1 heterocycles. The topological polar surface area (TPSA) is 161 Å². The Hall–Kier alpha value is -3.60. The van der Waals surface area contributed by atoms with Crippen LogP contribution < -0.4 is 22.1 Å². The minimum Gasteiger partial charge on any atom is -0.463 e. The molecule has 0 saturated carbocycles. The van der Waals surface area contributed by atoms with Gasteiger partial charge in [-0.05, 0) is 25.3 Å². The molecule has 1 aromatic rings. The normalized spacial score (nSPS) is 15.2. The van der Waals surface area contributed by atoms with Crippen LogP contribution in [0.1, 0.15) is 25.3 Å². The van der Waals surface area contributed by atoms with Gasteiger partial charge in [0.2, 0.25) is 5.91 Å². The van der Waals surface area contributed by atoms with E-state index in [2.05, 4.69) is 15.6 Å². The van der Waals surface area contributed by atoms with Crippen molar-refractivity contribution in [1.29, 1.82) is 0 Å². The fourth-order valence-electron chi connectivity index (χ4n) is 3.47. The molecule has 6 N–H and O–H groups in total. The number of carbonyl (C=O) groups is 3. The molecule has 3 amide bonds. The first-order chi connectivity index (χ1) is 16.9. The van der Waals surface area contributed by atoms with Gasteiger partial charge in [-0.1, -0.05) is 36.4 Å². The zero-order valence-corrected chi connectivity index (χ0v) is 20.2. The van der Waals surface area contributed by atoms with Crippen LogP contribution in [-0.4, -0.2) is 80.3 Å². The zero-order valence-electron chi connectivity index (χ0n) is 20.2. The number of esters is 1. The van der Waals surface area contributed by atoms with E-state index < -0.39 is 18.1 Å². The lowest BCUT2D eigenvalue weighted by molar-refractivity contribution is -0.137. The maximum atomic E-state index is 13.3. The van der Waals surface area contributed by atoms with Gasteiger partial charge in [0.05, 0.1) is 19.8 Å². The first-order valence-corrected chi connectivity index (χ1v) is 11.8. The first-order valence-electron chi connectivity index (χ1n) is 11.8. The maximum absolute atomic E-state index is 13.3. The predicted molar refractivity (Wildman–Crippen MR) is 132 cm³/mol. The summed E-state index contributed by atoms with van der Waals surface area (Å²) in [6.07, 6.45) is 4.22. The predicted octanol–water partition coefficient (Wildman–Crippen LogP) is 0.297. The van der Waals surface area contributed by atoms with Crippen molar-refractivity contribution in [2.75, 3.05) is 39.5 Å². The molecule has 2 rings (SSSR count). The van der Waals surface area contributed by atoms with Gasteiger partial charge in [0.25, 0.3) is 0 Å². The number of rotatable bonds is 12. The number of nitrogens with one attached hydrogen (secondary N) is 2. The molecule has 2 atom stereocenters. The van der Waals surface area contributed by atoms with Crippen LogP contribution in [0, 0.1) is 0 Å². The molecule has 1 aliphatic rings. The van der Waals surface area contributed by atoms with E-state index in [-0.39, 0.29) is 24.5 Å². The van der Waals surface area contributed by atoms with Gasteiger partial charge in [0.1, 0.15) is 6.04 Å². The van der Waals surface area contributed by atoms with Crippen molar-refractivity contribution in [3.8, 4) is 0 Å². The number of carbonyl (C=O) groups excluding carboxylic acids is 3. The van der Waals surface area contributed by atoms with E-state index in [1.807, 2.05) is 30.3 Å². The Morgan fingerprint density at radius 1 is 1.17 bits per heavy atom. The molecule has 1 saturated heterocycles. The lowest BCUT2D eigenvalue weighted by Gasteiger charge is -2.29. The number of nitrogens with two attached hydrogens (primary N) is 2. The number of amides is 3. The number of morpholine rings is 1. The Morgan fingerprint density at radius 2 is 1.89 bits per heavy atom. The highest BCUT2D eigenvalue weighted by Crippen LogP contribution is 2.08. The standard InChI is InChI=1S/C24H36N6O5/c1-2-35-21(31)11-10-19(9-6-12-27-23(25)26)28-22(32)20(17-18-7-4-3-5-8-18)29-24(33)30-13-15-34-16-14-30/h3-5,7-8,10-11,19-20H,2,6,9,12-17H2,1H3,(H,28,32)(H,29,33)(H4,25,26,27)/t19-,20-/m0/s1. The highest BCUT2D eigenvalue weighted by Gasteiger charge is 2.26. The van der Waals surface area contributed by atoms with Crippen molar-refractivity contribution in [2.24, 2.45) is 16.5 Å². The van der Waals surface area contributed by atoms with Gasteiger partial charge < -0.3 is 36.5 Å². The number of urea groups is 1. The summed E-state index contributed by atoms with van der Waals surface area (Å²) >= 11 is 0. The van der Waals surface area contributed by atoms with Crippen molar-refractivity contribution in [3.63, 3.8) is 0 Å². The molecule has 0 bridgehead atoms. The fourth-order valence-corrected chi connectivity index (χ4v) is 3.47. The minimum absolute atomic E-state index is 0.0126. The van der Waals surface area contributed by atoms with Crippen molar-refractivity contribution in [3.05, 3.63) is 48.0 Å². The van der Waals surface area contributed by atoms with Gasteiger partial charge in [-0.15, -0.1) is 0 Å². The van der Waals surface area contributed by atoms with E-state index in [1.165, 1.54) is 6.08 Å². The third-order valence-corrected chi connectivity index (χ3v) is 5.24. The summed E-state index contributed by atoms with van der Waals surface area (Å²) in [6, 6.07) is 7.81. The number of nitrogens with zero attached hydrogens (tertiary/aromatic N) is 2. The molecule has 0 aliphatic carbocycles. The van der Waals surface area contributed by atoms with Crippen molar-refractivity contribution in [1.82, 2.24) is 15.5 Å². The summed E-state index contributed by atoms with van der Waals surface area (Å²) in [5.74, 6) is -0.880. The van der Waals surface area contributed by atoms with Crippen molar-refractivity contribution >= 4 is 23.9 Å². The Balaban J connectivity index is 2.12. The molecule has 1 aromatic carbocycles. The monoisotopic (exact) mass is 488 g/mol. The third kappa shape index (κ3) is 10.9. The van der Waals surface area contributed by atoms with Gasteiger partial charge in [-0.3, -0.25) is 9.79 Å². The van der Waals surface area contributed by atoms with Crippen LogP contribution in [0.15, 0.2) is 47.5 Å². The number of benzene rings is 1. The number of aliphatic imine (C=N–C) groups is 1. The number of ether oxygens (including phenoxy) is 2. The molecule has 0 unspecified atom stereocenters. The molecule has 11 nitrogen and oxygen atoms in total. The largest absolute Gasteiger partial charge is 0.463 e. The molecule has 35 heavy (non-hydrogen) atoms. The van der Waals surface area contributed by atoms with Crippen molar-refractivity contribution < 1.29 is 23.9 Å².